The van der Waals surface area contributed by atoms with Crippen LogP contribution in [0.4, 0.5) is 0 Å². The molecule has 0 unspecified atom stereocenters. The topological polar surface area (TPSA) is 69.6 Å². The van der Waals surface area contributed by atoms with Gasteiger partial charge in [0, 0.05) is 12.6 Å². The van der Waals surface area contributed by atoms with Gasteiger partial charge in [-0.25, -0.2) is 8.42 Å². The van der Waals surface area contributed by atoms with Crippen molar-refractivity contribution >= 4 is 10.0 Å². The summed E-state index contributed by atoms with van der Waals surface area (Å²) in [4.78, 5) is 0. The molecule has 0 amide bonds. The Bertz CT molecular complexity index is 348. The number of nitrogens with one attached hydrogen (secondary N) is 1. The van der Waals surface area contributed by atoms with E-state index in [-0.39, 0.29) is 30.9 Å². The highest BCUT2D eigenvalue weighted by molar-refractivity contribution is 7.89. The SMILES string of the molecule is O=S(=O)(CC1CCNCC1)N(CCO)C1CCC1. The lowest BCUT2D eigenvalue weighted by molar-refractivity contribution is 0.177. The number of hydrogen-bond acceptors (Lipinski definition) is 4. The van der Waals surface area contributed by atoms with Crippen LogP contribution < -0.4 is 5.32 Å². The Balaban J connectivity index is 1.97. The van der Waals surface area contributed by atoms with Gasteiger partial charge in [-0.15, -0.1) is 0 Å². The quantitative estimate of drug-likeness (QED) is 0.725. The molecule has 0 bridgehead atoms. The third-order valence-electron chi connectivity index (χ3n) is 4.06. The van der Waals surface area contributed by atoms with Crippen molar-refractivity contribution in [1.29, 1.82) is 0 Å². The highest BCUT2D eigenvalue weighted by Gasteiger charge is 2.34. The van der Waals surface area contributed by atoms with E-state index in [9.17, 15) is 8.42 Å². The molecule has 0 radical (unpaired) electrons. The second-order valence-corrected chi connectivity index (χ2v) is 7.36. The van der Waals surface area contributed by atoms with Gasteiger partial charge in [-0.3, -0.25) is 0 Å². The molecular formula is C12H24N2O3S. The molecule has 1 aliphatic heterocycles. The smallest absolute Gasteiger partial charge is 0.214 e. The van der Waals surface area contributed by atoms with E-state index in [0.717, 1.165) is 45.2 Å². The first-order valence-electron chi connectivity index (χ1n) is 6.94. The standard InChI is InChI=1S/C12H24N2O3S/c15-9-8-14(12-2-1-3-12)18(16,17)10-11-4-6-13-7-5-11/h11-13,15H,1-10H2. The number of piperidine rings is 1. The zero-order chi connectivity index (χ0) is 13.0. The lowest BCUT2D eigenvalue weighted by Crippen LogP contribution is -2.48. The van der Waals surface area contributed by atoms with Crippen molar-refractivity contribution in [2.45, 2.75) is 38.1 Å². The first kappa shape index (κ1) is 14.2. The van der Waals surface area contributed by atoms with Crippen LogP contribution in [-0.4, -0.2) is 55.9 Å². The van der Waals surface area contributed by atoms with Crippen molar-refractivity contribution in [3.8, 4) is 0 Å². The van der Waals surface area contributed by atoms with Crippen LogP contribution in [0.25, 0.3) is 0 Å². The van der Waals surface area contributed by atoms with Gasteiger partial charge >= 0.3 is 0 Å². The summed E-state index contributed by atoms with van der Waals surface area (Å²) in [5, 5.41) is 12.3. The number of nitrogens with zero attached hydrogens (tertiary/aromatic N) is 1. The minimum atomic E-state index is -3.20. The van der Waals surface area contributed by atoms with E-state index in [0.29, 0.717) is 0 Å². The molecule has 2 fully saturated rings. The fraction of sp³-hybridized carbons (Fsp3) is 1.00. The average molecular weight is 276 g/mol. The number of aliphatic hydroxyl groups is 1. The third kappa shape index (κ3) is 3.44. The Morgan fingerprint density at radius 2 is 1.83 bits per heavy atom. The van der Waals surface area contributed by atoms with E-state index in [1.54, 1.807) is 4.31 Å². The number of aliphatic hydroxyl groups excluding tert-OH is 1. The molecule has 106 valence electrons. The van der Waals surface area contributed by atoms with Crippen LogP contribution in [0, 0.1) is 5.92 Å². The van der Waals surface area contributed by atoms with Crippen LogP contribution in [0.3, 0.4) is 0 Å². The summed E-state index contributed by atoms with van der Waals surface area (Å²) in [6.45, 7) is 2.02. The number of rotatable bonds is 6. The Morgan fingerprint density at radius 1 is 1.17 bits per heavy atom. The van der Waals surface area contributed by atoms with Crippen LogP contribution in [0.5, 0.6) is 0 Å². The van der Waals surface area contributed by atoms with Gasteiger partial charge in [0.05, 0.1) is 12.4 Å². The molecule has 2 rings (SSSR count). The maximum absolute atomic E-state index is 12.4. The fourth-order valence-electron chi connectivity index (χ4n) is 2.76. The van der Waals surface area contributed by atoms with Crippen molar-refractivity contribution in [1.82, 2.24) is 9.62 Å². The van der Waals surface area contributed by atoms with Gasteiger partial charge in [0.25, 0.3) is 0 Å². The third-order valence-corrected chi connectivity index (χ3v) is 6.15. The Kier molecular flexibility index (Phi) is 5.00. The van der Waals surface area contributed by atoms with Crippen molar-refractivity contribution < 1.29 is 13.5 Å². The zero-order valence-electron chi connectivity index (χ0n) is 10.8. The highest BCUT2D eigenvalue weighted by atomic mass is 32.2. The number of sulfonamides is 1. The Morgan fingerprint density at radius 3 is 2.33 bits per heavy atom. The molecule has 0 atom stereocenters. The van der Waals surface area contributed by atoms with Gasteiger partial charge in [-0.05, 0) is 44.7 Å². The summed E-state index contributed by atoms with van der Waals surface area (Å²) in [6.07, 6.45) is 4.89. The van der Waals surface area contributed by atoms with Crippen LogP contribution in [0.15, 0.2) is 0 Å². The first-order chi connectivity index (χ1) is 8.63. The van der Waals surface area contributed by atoms with E-state index >= 15 is 0 Å². The molecule has 1 aliphatic carbocycles. The van der Waals surface area contributed by atoms with Crippen molar-refractivity contribution in [2.75, 3.05) is 32.0 Å². The van der Waals surface area contributed by atoms with Gasteiger partial charge in [-0.1, -0.05) is 6.42 Å². The van der Waals surface area contributed by atoms with Crippen LogP contribution in [-0.2, 0) is 10.0 Å². The molecule has 5 nitrogen and oxygen atoms in total. The van der Waals surface area contributed by atoms with Crippen molar-refractivity contribution in [3.05, 3.63) is 0 Å². The van der Waals surface area contributed by atoms with E-state index < -0.39 is 10.0 Å². The van der Waals surface area contributed by atoms with Crippen LogP contribution >= 0.6 is 0 Å². The van der Waals surface area contributed by atoms with E-state index in [1.165, 1.54) is 0 Å². The van der Waals surface area contributed by atoms with Gasteiger partial charge in [-0.2, -0.15) is 4.31 Å². The summed E-state index contributed by atoms with van der Waals surface area (Å²) < 4.78 is 26.4. The molecule has 2 aliphatic rings. The van der Waals surface area contributed by atoms with Gasteiger partial charge < -0.3 is 10.4 Å². The summed E-state index contributed by atoms with van der Waals surface area (Å²) >= 11 is 0. The Labute approximate surface area is 110 Å². The summed E-state index contributed by atoms with van der Waals surface area (Å²) in [5.41, 5.74) is 0. The predicted molar refractivity (Wildman–Crippen MR) is 70.8 cm³/mol. The second-order valence-electron chi connectivity index (χ2n) is 5.39. The van der Waals surface area contributed by atoms with E-state index in [4.69, 9.17) is 5.11 Å². The number of hydrogen-bond donors (Lipinski definition) is 2. The molecule has 0 aromatic rings. The molecule has 0 aromatic carbocycles. The lowest BCUT2D eigenvalue weighted by atomic mass is 9.93. The van der Waals surface area contributed by atoms with E-state index in [2.05, 4.69) is 5.32 Å². The molecule has 2 N–H and O–H groups in total. The molecule has 1 saturated carbocycles. The first-order valence-corrected chi connectivity index (χ1v) is 8.55. The van der Waals surface area contributed by atoms with Crippen LogP contribution in [0.1, 0.15) is 32.1 Å². The van der Waals surface area contributed by atoms with Crippen molar-refractivity contribution in [2.24, 2.45) is 5.92 Å². The molecule has 0 spiro atoms. The molecule has 18 heavy (non-hydrogen) atoms. The molecule has 6 heteroatoms. The summed E-state index contributed by atoms with van der Waals surface area (Å²) in [7, 11) is -3.20. The molecule has 0 aromatic heterocycles. The van der Waals surface area contributed by atoms with Crippen LogP contribution in [0.2, 0.25) is 0 Å². The normalized spacial score (nSPS) is 23.2. The predicted octanol–water partition coefficient (Wildman–Crippen LogP) is 0.163. The Hall–Kier alpha value is -0.170. The van der Waals surface area contributed by atoms with E-state index in [1.807, 2.05) is 0 Å². The van der Waals surface area contributed by atoms with Crippen molar-refractivity contribution in [3.63, 3.8) is 0 Å². The van der Waals surface area contributed by atoms with Gasteiger partial charge in [0.15, 0.2) is 0 Å². The molecular weight excluding hydrogens is 252 g/mol. The summed E-state index contributed by atoms with van der Waals surface area (Å²) in [5.74, 6) is 0.531. The lowest BCUT2D eigenvalue weighted by Gasteiger charge is -2.37. The average Bonchev–Trinajstić information content (AvgIpc) is 2.27. The largest absolute Gasteiger partial charge is 0.395 e. The molecule has 1 heterocycles. The minimum absolute atomic E-state index is 0.0814. The highest BCUT2D eigenvalue weighted by Crippen LogP contribution is 2.28. The second kappa shape index (κ2) is 6.32. The summed E-state index contributed by atoms with van der Waals surface area (Å²) in [6, 6.07) is 0.142. The molecule has 1 saturated heterocycles. The van der Waals surface area contributed by atoms with Gasteiger partial charge in [0.2, 0.25) is 10.0 Å². The fourth-order valence-corrected chi connectivity index (χ4v) is 4.91. The maximum atomic E-state index is 12.4. The van der Waals surface area contributed by atoms with Gasteiger partial charge in [0.1, 0.15) is 0 Å². The maximum Gasteiger partial charge on any atom is 0.214 e. The zero-order valence-corrected chi connectivity index (χ0v) is 11.7. The monoisotopic (exact) mass is 276 g/mol. The minimum Gasteiger partial charge on any atom is -0.395 e.